The van der Waals surface area contributed by atoms with Gasteiger partial charge in [-0.25, -0.2) is 9.37 Å². The van der Waals surface area contributed by atoms with Crippen molar-refractivity contribution in [1.82, 2.24) is 4.98 Å². The van der Waals surface area contributed by atoms with Gasteiger partial charge in [0.05, 0.1) is 5.69 Å². The van der Waals surface area contributed by atoms with Crippen LogP contribution in [0.4, 0.5) is 9.52 Å². The Bertz CT molecular complexity index is 817. The first-order chi connectivity index (χ1) is 10.6. The van der Waals surface area contributed by atoms with Gasteiger partial charge in [0.25, 0.3) is 5.91 Å². The van der Waals surface area contributed by atoms with Gasteiger partial charge < -0.3 is 0 Å². The Morgan fingerprint density at radius 1 is 1.18 bits per heavy atom. The Kier molecular flexibility index (Phi) is 4.18. The Morgan fingerprint density at radius 3 is 2.68 bits per heavy atom. The molecule has 0 spiro atoms. The zero-order valence-electron chi connectivity index (χ0n) is 11.2. The van der Waals surface area contributed by atoms with Gasteiger partial charge in [0.2, 0.25) is 0 Å². The van der Waals surface area contributed by atoms with Gasteiger partial charge in [-0.3, -0.25) is 10.1 Å². The number of halogens is 2. The first-order valence-electron chi connectivity index (χ1n) is 6.40. The molecular weight excluding hydrogens is 323 g/mol. The van der Waals surface area contributed by atoms with Crippen molar-refractivity contribution < 1.29 is 9.18 Å². The maximum atomic E-state index is 12.9. The van der Waals surface area contributed by atoms with Crippen LogP contribution in [0, 0.1) is 5.82 Å². The first-order valence-corrected chi connectivity index (χ1v) is 7.66. The third-order valence-electron chi connectivity index (χ3n) is 2.95. The number of thiazole rings is 1. The molecule has 1 heterocycles. The highest BCUT2D eigenvalue weighted by molar-refractivity contribution is 7.14. The lowest BCUT2D eigenvalue weighted by molar-refractivity contribution is 0.102. The van der Waals surface area contributed by atoms with Crippen LogP contribution in [0.3, 0.4) is 0 Å². The summed E-state index contributed by atoms with van der Waals surface area (Å²) in [4.78, 5) is 16.4. The zero-order chi connectivity index (χ0) is 15.5. The monoisotopic (exact) mass is 332 g/mol. The molecule has 1 N–H and O–H groups in total. The van der Waals surface area contributed by atoms with Gasteiger partial charge >= 0.3 is 0 Å². The number of carbonyl (C=O) groups is 1. The maximum Gasteiger partial charge on any atom is 0.257 e. The number of aromatic nitrogens is 1. The van der Waals surface area contributed by atoms with Crippen molar-refractivity contribution in [2.75, 3.05) is 5.32 Å². The minimum atomic E-state index is -0.298. The van der Waals surface area contributed by atoms with E-state index in [-0.39, 0.29) is 11.7 Å². The molecule has 1 amide bonds. The second kappa shape index (κ2) is 6.25. The van der Waals surface area contributed by atoms with Crippen LogP contribution < -0.4 is 5.32 Å². The highest BCUT2D eigenvalue weighted by atomic mass is 35.5. The lowest BCUT2D eigenvalue weighted by atomic mass is 10.2. The van der Waals surface area contributed by atoms with Crippen molar-refractivity contribution in [3.63, 3.8) is 0 Å². The van der Waals surface area contributed by atoms with E-state index in [1.54, 1.807) is 41.8 Å². The summed E-state index contributed by atoms with van der Waals surface area (Å²) >= 11 is 7.17. The van der Waals surface area contributed by atoms with E-state index in [1.807, 2.05) is 0 Å². The van der Waals surface area contributed by atoms with Crippen molar-refractivity contribution in [1.29, 1.82) is 0 Å². The van der Waals surface area contributed by atoms with E-state index in [2.05, 4.69) is 10.3 Å². The smallest absolute Gasteiger partial charge is 0.257 e. The molecule has 110 valence electrons. The van der Waals surface area contributed by atoms with E-state index < -0.39 is 0 Å². The number of rotatable bonds is 3. The molecule has 0 atom stereocenters. The quantitative estimate of drug-likeness (QED) is 0.744. The molecule has 1 aromatic heterocycles. The van der Waals surface area contributed by atoms with Crippen LogP contribution in [0.2, 0.25) is 5.02 Å². The number of carbonyl (C=O) groups excluding carboxylic acids is 1. The Morgan fingerprint density at radius 2 is 1.95 bits per heavy atom. The predicted octanol–water partition coefficient (Wildman–Crippen LogP) is 4.85. The van der Waals surface area contributed by atoms with Crippen molar-refractivity contribution in [2.24, 2.45) is 0 Å². The lowest BCUT2D eigenvalue weighted by Crippen LogP contribution is -2.11. The third-order valence-corrected chi connectivity index (χ3v) is 3.94. The van der Waals surface area contributed by atoms with Crippen LogP contribution in [-0.2, 0) is 0 Å². The van der Waals surface area contributed by atoms with Gasteiger partial charge in [0, 0.05) is 21.5 Å². The number of anilines is 1. The molecular formula is C16H10ClFN2OS. The normalized spacial score (nSPS) is 10.5. The molecule has 2 aromatic carbocycles. The molecule has 3 nitrogen and oxygen atoms in total. The molecule has 3 rings (SSSR count). The number of hydrogen-bond donors (Lipinski definition) is 1. The molecule has 0 unspecified atom stereocenters. The average Bonchev–Trinajstić information content (AvgIpc) is 2.96. The average molecular weight is 333 g/mol. The van der Waals surface area contributed by atoms with Gasteiger partial charge in [0.15, 0.2) is 5.13 Å². The van der Waals surface area contributed by atoms with Crippen molar-refractivity contribution in [2.45, 2.75) is 0 Å². The minimum Gasteiger partial charge on any atom is -0.298 e. The lowest BCUT2D eigenvalue weighted by Gasteiger charge is -2.02. The molecule has 0 saturated carbocycles. The number of hydrogen-bond acceptors (Lipinski definition) is 3. The van der Waals surface area contributed by atoms with Gasteiger partial charge in [-0.1, -0.05) is 17.7 Å². The van der Waals surface area contributed by atoms with E-state index in [0.717, 1.165) is 5.56 Å². The van der Waals surface area contributed by atoms with Crippen LogP contribution >= 0.6 is 22.9 Å². The summed E-state index contributed by atoms with van der Waals surface area (Å²) in [5, 5.41) is 5.50. The molecule has 0 bridgehead atoms. The zero-order valence-corrected chi connectivity index (χ0v) is 12.8. The molecule has 0 fully saturated rings. The van der Waals surface area contributed by atoms with Crippen molar-refractivity contribution >= 4 is 34.0 Å². The van der Waals surface area contributed by atoms with E-state index in [9.17, 15) is 9.18 Å². The fourth-order valence-corrected chi connectivity index (χ4v) is 2.79. The van der Waals surface area contributed by atoms with Crippen LogP contribution in [0.25, 0.3) is 11.3 Å². The largest absolute Gasteiger partial charge is 0.298 e. The number of nitrogens with one attached hydrogen (secondary N) is 1. The molecule has 0 aliphatic carbocycles. The van der Waals surface area contributed by atoms with Crippen LogP contribution in [0.5, 0.6) is 0 Å². The molecule has 0 aliphatic rings. The van der Waals surface area contributed by atoms with Gasteiger partial charge in [-0.2, -0.15) is 0 Å². The van der Waals surface area contributed by atoms with E-state index in [1.165, 1.54) is 23.5 Å². The topological polar surface area (TPSA) is 42.0 Å². The number of benzene rings is 2. The fourth-order valence-electron chi connectivity index (χ4n) is 1.88. The Balaban J connectivity index is 1.77. The van der Waals surface area contributed by atoms with Crippen molar-refractivity contribution in [3.05, 3.63) is 70.3 Å². The Labute approximate surface area is 135 Å². The van der Waals surface area contributed by atoms with E-state index in [0.29, 0.717) is 21.4 Å². The second-order valence-electron chi connectivity index (χ2n) is 4.51. The summed E-state index contributed by atoms with van der Waals surface area (Å²) in [6.07, 6.45) is 0. The van der Waals surface area contributed by atoms with Crippen LogP contribution in [-0.4, -0.2) is 10.9 Å². The third kappa shape index (κ3) is 3.32. The molecule has 6 heteroatoms. The SMILES string of the molecule is O=C(Nc1nc(-c2ccc(F)cc2)cs1)c1cccc(Cl)c1. The van der Waals surface area contributed by atoms with Crippen LogP contribution in [0.1, 0.15) is 10.4 Å². The van der Waals surface area contributed by atoms with E-state index in [4.69, 9.17) is 11.6 Å². The van der Waals surface area contributed by atoms with Gasteiger partial charge in [-0.05, 0) is 42.5 Å². The molecule has 0 saturated heterocycles. The summed E-state index contributed by atoms with van der Waals surface area (Å²) in [5.41, 5.74) is 1.94. The minimum absolute atomic E-state index is 0.275. The summed E-state index contributed by atoms with van der Waals surface area (Å²) in [6.45, 7) is 0. The van der Waals surface area contributed by atoms with Crippen LogP contribution in [0.15, 0.2) is 53.9 Å². The van der Waals surface area contributed by atoms with Gasteiger partial charge in [0.1, 0.15) is 5.82 Å². The summed E-state index contributed by atoms with van der Waals surface area (Å²) in [5.74, 6) is -0.573. The predicted molar refractivity (Wildman–Crippen MR) is 86.9 cm³/mol. The van der Waals surface area contributed by atoms with Crippen molar-refractivity contribution in [3.8, 4) is 11.3 Å². The molecule has 3 aromatic rings. The molecule has 22 heavy (non-hydrogen) atoms. The highest BCUT2D eigenvalue weighted by Gasteiger charge is 2.10. The standard InChI is InChI=1S/C16H10ClFN2OS/c17-12-3-1-2-11(8-12)15(21)20-16-19-14(9-22-16)10-4-6-13(18)7-5-10/h1-9H,(H,19,20,21). The summed E-state index contributed by atoms with van der Waals surface area (Å²) in [7, 11) is 0. The highest BCUT2D eigenvalue weighted by Crippen LogP contribution is 2.25. The van der Waals surface area contributed by atoms with Gasteiger partial charge in [-0.15, -0.1) is 11.3 Å². The number of nitrogens with zero attached hydrogens (tertiary/aromatic N) is 1. The summed E-state index contributed by atoms with van der Waals surface area (Å²) < 4.78 is 12.9. The molecule has 0 radical (unpaired) electrons. The maximum absolute atomic E-state index is 12.9. The first kappa shape index (κ1) is 14.7. The number of amides is 1. The molecule has 0 aliphatic heterocycles. The second-order valence-corrected chi connectivity index (χ2v) is 5.80. The Hall–Kier alpha value is -2.24. The summed E-state index contributed by atoms with van der Waals surface area (Å²) in [6, 6.07) is 12.7. The fraction of sp³-hybridized carbons (Fsp3) is 0. The van der Waals surface area contributed by atoms with E-state index >= 15 is 0 Å².